The van der Waals surface area contributed by atoms with Gasteiger partial charge < -0.3 is 9.47 Å². The molecule has 1 N–H and O–H groups in total. The molecule has 1 heterocycles. The lowest BCUT2D eigenvalue weighted by atomic mass is 10.1. The topological polar surface area (TPSA) is 128 Å². The first-order valence-corrected chi connectivity index (χ1v) is 12.5. The molecule has 0 unspecified atom stereocenters. The van der Waals surface area contributed by atoms with E-state index in [-0.39, 0.29) is 23.6 Å². The maximum atomic E-state index is 13.2. The molecule has 10 nitrogen and oxygen atoms in total. The first-order valence-electron chi connectivity index (χ1n) is 12.5. The second-order valence-electron chi connectivity index (χ2n) is 9.01. The zero-order valence-electron chi connectivity index (χ0n) is 21.6. The lowest BCUT2D eigenvalue weighted by Gasteiger charge is -2.26. The van der Waals surface area contributed by atoms with Crippen LogP contribution in [0.25, 0.3) is 6.08 Å². The van der Waals surface area contributed by atoms with E-state index in [0.29, 0.717) is 23.7 Å². The van der Waals surface area contributed by atoms with Crippen LogP contribution in [0, 0.1) is 10.1 Å². The molecule has 4 amide bonds. The Labute approximate surface area is 234 Å². The zero-order chi connectivity index (χ0) is 28.8. The minimum atomic E-state index is -0.843. The third-order valence-corrected chi connectivity index (χ3v) is 6.19. The number of ether oxygens (including phenoxy) is 2. The number of imide groups is 2. The van der Waals surface area contributed by atoms with Crippen LogP contribution >= 0.6 is 0 Å². The summed E-state index contributed by atoms with van der Waals surface area (Å²) in [4.78, 5) is 49.5. The molecule has 1 aliphatic rings. The van der Waals surface area contributed by atoms with Crippen molar-refractivity contribution in [3.8, 4) is 11.5 Å². The largest absolute Gasteiger partial charge is 0.489 e. The SMILES string of the molecule is O=C1NC(=O)N(c2ccc(OCc3ccccc3)cc2)C(=O)/C1=C/c1ccc(OCc2ccc([N+](=O)[O-])cc2)cc1. The fraction of sp³-hybridized carbons (Fsp3) is 0.0645. The van der Waals surface area contributed by atoms with Crippen LogP contribution in [-0.4, -0.2) is 22.8 Å². The quantitative estimate of drug-likeness (QED) is 0.128. The second-order valence-corrected chi connectivity index (χ2v) is 9.01. The standard InChI is InChI=1S/C31H23N3O7/c35-29-28(18-21-8-14-26(15-9-21)41-20-23-6-10-25(11-7-23)34(38)39)30(36)33(31(37)32-29)24-12-16-27(17-13-24)40-19-22-4-2-1-3-5-22/h1-18H,19-20H2,(H,32,35,37)/b28-18+. The van der Waals surface area contributed by atoms with Gasteiger partial charge in [0.15, 0.2) is 0 Å². The summed E-state index contributed by atoms with van der Waals surface area (Å²) in [6.07, 6.45) is 1.40. The van der Waals surface area contributed by atoms with Gasteiger partial charge in [0, 0.05) is 12.1 Å². The molecular formula is C31H23N3O7. The molecule has 1 fully saturated rings. The molecule has 5 rings (SSSR count). The molecule has 4 aromatic carbocycles. The predicted octanol–water partition coefficient (Wildman–Crippen LogP) is 5.42. The van der Waals surface area contributed by atoms with Crippen molar-refractivity contribution in [3.63, 3.8) is 0 Å². The van der Waals surface area contributed by atoms with Gasteiger partial charge in [-0.25, -0.2) is 9.69 Å². The Morgan fingerprint density at radius 1 is 0.732 bits per heavy atom. The summed E-state index contributed by atoms with van der Waals surface area (Å²) in [5.41, 5.74) is 2.38. The Hall–Kier alpha value is -5.77. The van der Waals surface area contributed by atoms with Gasteiger partial charge in [0.25, 0.3) is 17.5 Å². The van der Waals surface area contributed by atoms with Crippen molar-refractivity contribution in [1.82, 2.24) is 5.32 Å². The van der Waals surface area contributed by atoms with Crippen LogP contribution in [0.1, 0.15) is 16.7 Å². The highest BCUT2D eigenvalue weighted by atomic mass is 16.6. The van der Waals surface area contributed by atoms with Gasteiger partial charge in [0.05, 0.1) is 10.6 Å². The Morgan fingerprint density at radius 3 is 1.88 bits per heavy atom. The third kappa shape index (κ3) is 6.45. The van der Waals surface area contributed by atoms with E-state index in [4.69, 9.17) is 9.47 Å². The van der Waals surface area contributed by atoms with E-state index < -0.39 is 22.8 Å². The normalized spacial score (nSPS) is 14.1. The first kappa shape index (κ1) is 26.8. The van der Waals surface area contributed by atoms with Crippen LogP contribution in [-0.2, 0) is 22.8 Å². The lowest BCUT2D eigenvalue weighted by molar-refractivity contribution is -0.384. The van der Waals surface area contributed by atoms with Crippen LogP contribution in [0.3, 0.4) is 0 Å². The highest BCUT2D eigenvalue weighted by molar-refractivity contribution is 6.39. The fourth-order valence-corrected chi connectivity index (χ4v) is 4.03. The van der Waals surface area contributed by atoms with Crippen molar-refractivity contribution in [1.29, 1.82) is 0 Å². The molecule has 41 heavy (non-hydrogen) atoms. The van der Waals surface area contributed by atoms with E-state index in [1.807, 2.05) is 30.3 Å². The highest BCUT2D eigenvalue weighted by Crippen LogP contribution is 2.25. The molecular weight excluding hydrogens is 526 g/mol. The molecule has 10 heteroatoms. The number of urea groups is 1. The van der Waals surface area contributed by atoms with Crippen molar-refractivity contribution in [2.45, 2.75) is 13.2 Å². The molecule has 0 spiro atoms. The fourth-order valence-electron chi connectivity index (χ4n) is 4.03. The molecule has 0 aromatic heterocycles. The molecule has 204 valence electrons. The second kappa shape index (κ2) is 12.0. The van der Waals surface area contributed by atoms with Crippen molar-refractivity contribution in [2.24, 2.45) is 0 Å². The minimum absolute atomic E-state index is 0.00225. The van der Waals surface area contributed by atoms with Crippen molar-refractivity contribution >= 4 is 35.3 Å². The average Bonchev–Trinajstić information content (AvgIpc) is 2.99. The van der Waals surface area contributed by atoms with Crippen LogP contribution in [0.15, 0.2) is 109 Å². The number of non-ortho nitro benzene ring substituents is 1. The van der Waals surface area contributed by atoms with E-state index >= 15 is 0 Å². The number of hydrogen-bond acceptors (Lipinski definition) is 7. The number of nitrogens with one attached hydrogen (secondary N) is 1. The minimum Gasteiger partial charge on any atom is -0.489 e. The van der Waals surface area contributed by atoms with E-state index in [2.05, 4.69) is 5.32 Å². The monoisotopic (exact) mass is 549 g/mol. The summed E-state index contributed by atoms with van der Waals surface area (Å²) < 4.78 is 11.5. The molecule has 0 aliphatic carbocycles. The number of rotatable bonds is 9. The molecule has 0 atom stereocenters. The van der Waals surface area contributed by atoms with Gasteiger partial charge in [-0.2, -0.15) is 0 Å². The summed E-state index contributed by atoms with van der Waals surface area (Å²) in [6.45, 7) is 0.568. The summed E-state index contributed by atoms with van der Waals surface area (Å²) in [5, 5.41) is 13.0. The van der Waals surface area contributed by atoms with E-state index in [9.17, 15) is 24.5 Å². The van der Waals surface area contributed by atoms with Gasteiger partial charge in [-0.05, 0) is 71.3 Å². The molecule has 0 saturated carbocycles. The van der Waals surface area contributed by atoms with Crippen LogP contribution in [0.4, 0.5) is 16.2 Å². The van der Waals surface area contributed by atoms with Crippen molar-refractivity contribution in [3.05, 3.63) is 136 Å². The molecule has 0 bridgehead atoms. The highest BCUT2D eigenvalue weighted by Gasteiger charge is 2.36. The molecule has 4 aromatic rings. The molecule has 1 aliphatic heterocycles. The number of anilines is 1. The van der Waals surface area contributed by atoms with Gasteiger partial charge in [0.2, 0.25) is 0 Å². The third-order valence-electron chi connectivity index (χ3n) is 6.19. The average molecular weight is 550 g/mol. The van der Waals surface area contributed by atoms with E-state index in [0.717, 1.165) is 16.0 Å². The van der Waals surface area contributed by atoms with Gasteiger partial charge >= 0.3 is 6.03 Å². The number of carbonyl (C=O) groups excluding carboxylic acids is 3. The van der Waals surface area contributed by atoms with Crippen molar-refractivity contribution < 1.29 is 28.8 Å². The summed E-state index contributed by atoms with van der Waals surface area (Å²) in [6, 6.07) is 27.9. The zero-order valence-corrected chi connectivity index (χ0v) is 21.6. The Morgan fingerprint density at radius 2 is 1.29 bits per heavy atom. The van der Waals surface area contributed by atoms with Crippen LogP contribution in [0.2, 0.25) is 0 Å². The molecule has 0 radical (unpaired) electrons. The van der Waals surface area contributed by atoms with Gasteiger partial charge in [-0.1, -0.05) is 42.5 Å². The number of carbonyl (C=O) groups is 3. The summed E-state index contributed by atoms with van der Waals surface area (Å²) >= 11 is 0. The number of barbiturate groups is 1. The Bertz CT molecular complexity index is 1620. The summed E-state index contributed by atoms with van der Waals surface area (Å²) in [7, 11) is 0. The number of amides is 4. The number of hydrogen-bond donors (Lipinski definition) is 1. The Kier molecular flexibility index (Phi) is 7.82. The number of nitrogens with zero attached hydrogens (tertiary/aromatic N) is 2. The maximum Gasteiger partial charge on any atom is 0.335 e. The number of benzene rings is 4. The smallest absolute Gasteiger partial charge is 0.335 e. The first-order chi connectivity index (χ1) is 19.9. The number of nitro groups is 1. The maximum absolute atomic E-state index is 13.2. The summed E-state index contributed by atoms with van der Waals surface area (Å²) in [5.74, 6) is -0.464. The van der Waals surface area contributed by atoms with Crippen LogP contribution < -0.4 is 19.7 Å². The van der Waals surface area contributed by atoms with E-state index in [1.54, 1.807) is 60.7 Å². The molecule has 1 saturated heterocycles. The van der Waals surface area contributed by atoms with Gasteiger partial charge in [-0.15, -0.1) is 0 Å². The number of nitro benzene ring substituents is 1. The van der Waals surface area contributed by atoms with Crippen molar-refractivity contribution in [2.75, 3.05) is 4.90 Å². The Balaban J connectivity index is 1.24. The van der Waals surface area contributed by atoms with Crippen LogP contribution in [0.5, 0.6) is 11.5 Å². The van der Waals surface area contributed by atoms with Gasteiger partial charge in [-0.3, -0.25) is 25.0 Å². The van der Waals surface area contributed by atoms with E-state index in [1.165, 1.54) is 18.2 Å². The predicted molar refractivity (Wildman–Crippen MR) is 150 cm³/mol. The van der Waals surface area contributed by atoms with Gasteiger partial charge in [0.1, 0.15) is 30.3 Å². The lowest BCUT2D eigenvalue weighted by Crippen LogP contribution is -2.54.